The van der Waals surface area contributed by atoms with Crippen molar-refractivity contribution in [2.75, 3.05) is 7.11 Å². The van der Waals surface area contributed by atoms with Gasteiger partial charge in [-0.05, 0) is 56.3 Å². The van der Waals surface area contributed by atoms with Crippen molar-refractivity contribution in [2.24, 2.45) is 0 Å². The second kappa shape index (κ2) is 8.53. The Kier molecular flexibility index (Phi) is 6.41. The smallest absolute Gasteiger partial charge is 0.273 e. The summed E-state index contributed by atoms with van der Waals surface area (Å²) in [6, 6.07) is 11.7. The molecule has 0 fully saturated rings. The van der Waals surface area contributed by atoms with E-state index >= 15 is 0 Å². The fraction of sp³-hybridized carbons (Fsp3) is 0.222. The minimum absolute atomic E-state index is 0.0818. The summed E-state index contributed by atoms with van der Waals surface area (Å²) in [5, 5.41) is 0. The molecule has 0 heterocycles. The van der Waals surface area contributed by atoms with Crippen molar-refractivity contribution in [3.63, 3.8) is 0 Å². The molecule has 7 heteroatoms. The highest BCUT2D eigenvalue weighted by Gasteiger charge is 2.15. The summed E-state index contributed by atoms with van der Waals surface area (Å²) in [6.07, 6.45) is -0.0818. The molecule has 0 radical (unpaired) electrons. The zero-order chi connectivity index (χ0) is 18.4. The maximum Gasteiger partial charge on any atom is 0.273 e. The van der Waals surface area contributed by atoms with Crippen molar-refractivity contribution >= 4 is 27.7 Å². The molecule has 0 aliphatic carbocycles. The summed E-state index contributed by atoms with van der Waals surface area (Å²) in [7, 11) is 1.55. The Balaban J connectivity index is 2.06. The Labute approximate surface area is 154 Å². The molecule has 6 nitrogen and oxygen atoms in total. The number of nitrogens with one attached hydrogen (secondary N) is 2. The van der Waals surface area contributed by atoms with Crippen LogP contribution in [0.4, 0.5) is 0 Å². The summed E-state index contributed by atoms with van der Waals surface area (Å²) in [5.74, 6) is 0.177. The van der Waals surface area contributed by atoms with Crippen LogP contribution in [-0.4, -0.2) is 25.0 Å². The number of hydrogen-bond acceptors (Lipinski definition) is 4. The summed E-state index contributed by atoms with van der Waals surface area (Å²) in [5.41, 5.74) is 5.50. The molecule has 2 aromatic rings. The zero-order valence-electron chi connectivity index (χ0n) is 14.1. The molecular weight excluding hydrogens is 388 g/mol. The number of carbonyl (C=O) groups excluding carboxylic acids is 2. The van der Waals surface area contributed by atoms with Crippen molar-refractivity contribution in [3.8, 4) is 11.5 Å². The molecule has 0 atom stereocenters. The van der Waals surface area contributed by atoms with Gasteiger partial charge in [0, 0.05) is 10.0 Å². The molecule has 132 valence electrons. The molecule has 0 aliphatic heterocycles. The van der Waals surface area contributed by atoms with E-state index in [9.17, 15) is 9.59 Å². The number of halogens is 1. The van der Waals surface area contributed by atoms with Gasteiger partial charge in [-0.3, -0.25) is 20.4 Å². The van der Waals surface area contributed by atoms with Crippen molar-refractivity contribution in [3.05, 3.63) is 58.1 Å². The minimum atomic E-state index is -0.473. The number of rotatable bonds is 5. The Morgan fingerprint density at radius 3 is 2.24 bits per heavy atom. The highest BCUT2D eigenvalue weighted by molar-refractivity contribution is 9.10. The predicted octanol–water partition coefficient (Wildman–Crippen LogP) is 3.32. The molecule has 0 unspecified atom stereocenters. The van der Waals surface area contributed by atoms with E-state index in [1.54, 1.807) is 49.6 Å². The Morgan fingerprint density at radius 1 is 1.00 bits per heavy atom. The van der Waals surface area contributed by atoms with Crippen LogP contribution in [0.5, 0.6) is 11.5 Å². The first-order valence-corrected chi connectivity index (χ1v) is 8.41. The Morgan fingerprint density at radius 2 is 1.64 bits per heavy atom. The number of carbonyl (C=O) groups is 2. The molecule has 0 aromatic heterocycles. The van der Waals surface area contributed by atoms with Crippen LogP contribution in [0.15, 0.2) is 46.9 Å². The Bertz CT molecular complexity index is 760. The highest BCUT2D eigenvalue weighted by Crippen LogP contribution is 2.24. The van der Waals surface area contributed by atoms with Gasteiger partial charge in [0.1, 0.15) is 11.5 Å². The van der Waals surface area contributed by atoms with Crippen LogP contribution < -0.4 is 20.3 Å². The molecule has 2 rings (SSSR count). The standard InChI is InChI=1S/C18H19BrN2O4/c1-11(2)25-16-9-6-13(19)10-15(16)18(23)21-20-17(22)12-4-7-14(24-3)8-5-12/h4-11H,1-3H3,(H,20,22)(H,21,23). The van der Waals surface area contributed by atoms with Crippen molar-refractivity contribution < 1.29 is 19.1 Å². The van der Waals surface area contributed by atoms with Gasteiger partial charge in [0.2, 0.25) is 0 Å². The quantitative estimate of drug-likeness (QED) is 0.746. The summed E-state index contributed by atoms with van der Waals surface area (Å²) in [4.78, 5) is 24.5. The third-order valence-corrected chi connectivity index (χ3v) is 3.68. The zero-order valence-corrected chi connectivity index (χ0v) is 15.7. The third-order valence-electron chi connectivity index (χ3n) is 3.19. The number of methoxy groups -OCH3 is 1. The topological polar surface area (TPSA) is 76.7 Å². The summed E-state index contributed by atoms with van der Waals surface area (Å²) >= 11 is 3.33. The molecule has 0 bridgehead atoms. The average Bonchev–Trinajstić information content (AvgIpc) is 2.60. The molecule has 2 aromatic carbocycles. The van der Waals surface area contributed by atoms with E-state index in [0.717, 1.165) is 4.47 Å². The summed E-state index contributed by atoms with van der Waals surface area (Å²) in [6.45, 7) is 3.74. The Hall–Kier alpha value is -2.54. The van der Waals surface area contributed by atoms with Gasteiger partial charge in [-0.25, -0.2) is 0 Å². The largest absolute Gasteiger partial charge is 0.497 e. The SMILES string of the molecule is COc1ccc(C(=O)NNC(=O)c2cc(Br)ccc2OC(C)C)cc1. The predicted molar refractivity (Wildman–Crippen MR) is 97.8 cm³/mol. The van der Waals surface area contributed by atoms with Crippen molar-refractivity contribution in [2.45, 2.75) is 20.0 Å². The average molecular weight is 407 g/mol. The van der Waals surface area contributed by atoms with Crippen LogP contribution in [-0.2, 0) is 0 Å². The molecule has 0 aliphatic rings. The van der Waals surface area contributed by atoms with Gasteiger partial charge in [0.25, 0.3) is 11.8 Å². The third kappa shape index (κ3) is 5.22. The van der Waals surface area contributed by atoms with Crippen molar-refractivity contribution in [1.29, 1.82) is 0 Å². The van der Waals surface area contributed by atoms with Crippen LogP contribution >= 0.6 is 15.9 Å². The maximum absolute atomic E-state index is 12.4. The maximum atomic E-state index is 12.4. The van der Waals surface area contributed by atoms with Gasteiger partial charge < -0.3 is 9.47 Å². The summed E-state index contributed by atoms with van der Waals surface area (Å²) < 4.78 is 11.4. The van der Waals surface area contributed by atoms with E-state index in [0.29, 0.717) is 22.6 Å². The first-order chi connectivity index (χ1) is 11.9. The number of benzene rings is 2. The molecule has 25 heavy (non-hydrogen) atoms. The van der Waals surface area contributed by atoms with E-state index in [1.807, 2.05) is 13.8 Å². The fourth-order valence-electron chi connectivity index (χ4n) is 2.03. The van der Waals surface area contributed by atoms with E-state index in [2.05, 4.69) is 26.8 Å². The van der Waals surface area contributed by atoms with Crippen LogP contribution in [0.2, 0.25) is 0 Å². The molecule has 0 saturated heterocycles. The second-order valence-electron chi connectivity index (χ2n) is 5.44. The lowest BCUT2D eigenvalue weighted by molar-refractivity contribution is 0.0843. The van der Waals surface area contributed by atoms with E-state index in [4.69, 9.17) is 9.47 Å². The molecule has 0 saturated carbocycles. The van der Waals surface area contributed by atoms with Gasteiger partial charge in [-0.1, -0.05) is 15.9 Å². The number of ether oxygens (including phenoxy) is 2. The molecule has 0 spiro atoms. The lowest BCUT2D eigenvalue weighted by Gasteiger charge is -2.15. The first-order valence-electron chi connectivity index (χ1n) is 7.61. The van der Waals surface area contributed by atoms with E-state index < -0.39 is 11.8 Å². The van der Waals surface area contributed by atoms with Crippen LogP contribution in [0.1, 0.15) is 34.6 Å². The van der Waals surface area contributed by atoms with E-state index in [-0.39, 0.29) is 6.10 Å². The van der Waals surface area contributed by atoms with Crippen LogP contribution in [0, 0.1) is 0 Å². The van der Waals surface area contributed by atoms with Gasteiger partial charge in [0.15, 0.2) is 0 Å². The normalized spacial score (nSPS) is 10.3. The lowest BCUT2D eigenvalue weighted by atomic mass is 10.2. The van der Waals surface area contributed by atoms with Gasteiger partial charge in [0.05, 0.1) is 18.8 Å². The van der Waals surface area contributed by atoms with Gasteiger partial charge >= 0.3 is 0 Å². The van der Waals surface area contributed by atoms with E-state index in [1.165, 1.54) is 0 Å². The highest BCUT2D eigenvalue weighted by atomic mass is 79.9. The van der Waals surface area contributed by atoms with Gasteiger partial charge in [-0.15, -0.1) is 0 Å². The minimum Gasteiger partial charge on any atom is -0.497 e. The second-order valence-corrected chi connectivity index (χ2v) is 6.36. The number of amides is 2. The molecule has 2 N–H and O–H groups in total. The van der Waals surface area contributed by atoms with Crippen molar-refractivity contribution in [1.82, 2.24) is 10.9 Å². The fourth-order valence-corrected chi connectivity index (χ4v) is 2.39. The molecular formula is C18H19BrN2O4. The first kappa shape index (κ1) is 18.8. The monoisotopic (exact) mass is 406 g/mol. The lowest BCUT2D eigenvalue weighted by Crippen LogP contribution is -2.41. The van der Waals surface area contributed by atoms with Crippen LogP contribution in [0.3, 0.4) is 0 Å². The molecule has 2 amide bonds. The number of hydrogen-bond donors (Lipinski definition) is 2. The van der Waals surface area contributed by atoms with Gasteiger partial charge in [-0.2, -0.15) is 0 Å². The number of hydrazine groups is 1. The van der Waals surface area contributed by atoms with Crippen LogP contribution in [0.25, 0.3) is 0 Å².